The third-order valence-electron chi connectivity index (χ3n) is 5.25. The van der Waals surface area contributed by atoms with E-state index in [1.807, 2.05) is 12.1 Å². The number of fused-ring (bicyclic) bond motifs is 1. The molecule has 0 aliphatic carbocycles. The average molecular weight is 322 g/mol. The number of piperazine rings is 1. The largest absolute Gasteiger partial charge is 0.298 e. The maximum atomic E-state index is 12.8. The fourth-order valence-electron chi connectivity index (χ4n) is 3.53. The predicted molar refractivity (Wildman–Crippen MR) is 88.5 cm³/mol. The lowest BCUT2D eigenvalue weighted by atomic mass is 9.99. The average Bonchev–Trinajstić information content (AvgIpc) is 3.01. The fraction of sp³-hybridized carbons (Fsp3) is 0.647. The van der Waals surface area contributed by atoms with E-state index in [1.54, 1.807) is 16.4 Å². The summed E-state index contributed by atoms with van der Waals surface area (Å²) in [5.74, 6) is 0.471. The van der Waals surface area contributed by atoms with Gasteiger partial charge in [-0.3, -0.25) is 4.90 Å². The number of nitrogens with zero attached hydrogens (tertiary/aromatic N) is 2. The topological polar surface area (TPSA) is 40.6 Å². The summed E-state index contributed by atoms with van der Waals surface area (Å²) in [6.45, 7) is 7.58. The van der Waals surface area contributed by atoms with Gasteiger partial charge in [0.05, 0.1) is 4.90 Å². The van der Waals surface area contributed by atoms with Crippen LogP contribution in [0.4, 0.5) is 0 Å². The van der Waals surface area contributed by atoms with E-state index in [0.717, 1.165) is 25.9 Å². The van der Waals surface area contributed by atoms with E-state index in [1.165, 1.54) is 12.0 Å². The molecule has 0 aromatic heterocycles. The molecule has 1 aromatic rings. The van der Waals surface area contributed by atoms with E-state index in [9.17, 15) is 8.42 Å². The van der Waals surface area contributed by atoms with Crippen molar-refractivity contribution in [2.24, 2.45) is 0 Å². The molecule has 2 heterocycles. The minimum Gasteiger partial charge on any atom is -0.298 e. The molecule has 2 atom stereocenters. The van der Waals surface area contributed by atoms with Gasteiger partial charge in [-0.25, -0.2) is 8.42 Å². The number of benzene rings is 1. The van der Waals surface area contributed by atoms with Crippen LogP contribution in [0, 0.1) is 0 Å². The quantitative estimate of drug-likeness (QED) is 0.856. The Morgan fingerprint density at radius 3 is 2.59 bits per heavy atom. The second-order valence-corrected chi connectivity index (χ2v) is 8.51. The first-order valence-electron chi connectivity index (χ1n) is 8.36. The van der Waals surface area contributed by atoms with Crippen LogP contribution >= 0.6 is 0 Å². The molecular weight excluding hydrogens is 296 g/mol. The van der Waals surface area contributed by atoms with Crippen molar-refractivity contribution in [3.05, 3.63) is 29.8 Å². The van der Waals surface area contributed by atoms with Crippen molar-refractivity contribution in [2.75, 3.05) is 26.2 Å². The molecule has 0 spiro atoms. The van der Waals surface area contributed by atoms with Gasteiger partial charge in [-0.2, -0.15) is 4.31 Å². The molecule has 0 saturated carbocycles. The third kappa shape index (κ3) is 2.94. The van der Waals surface area contributed by atoms with Crippen LogP contribution in [0.25, 0.3) is 0 Å². The number of hydrogen-bond acceptors (Lipinski definition) is 3. The SMILES string of the molecule is CC[C@@H](C)c1ccc(S(=O)(=O)N2CCN3CCC[C@@H]3C2)cc1. The summed E-state index contributed by atoms with van der Waals surface area (Å²) in [5.41, 5.74) is 1.21. The van der Waals surface area contributed by atoms with Crippen LogP contribution in [0.3, 0.4) is 0 Å². The first kappa shape index (κ1) is 16.0. The van der Waals surface area contributed by atoms with Gasteiger partial charge in [0.25, 0.3) is 0 Å². The van der Waals surface area contributed by atoms with Crippen molar-refractivity contribution < 1.29 is 8.42 Å². The third-order valence-corrected chi connectivity index (χ3v) is 7.13. The van der Waals surface area contributed by atoms with Gasteiger partial charge in [0, 0.05) is 25.7 Å². The molecule has 2 aliphatic heterocycles. The van der Waals surface area contributed by atoms with E-state index < -0.39 is 10.0 Å². The monoisotopic (exact) mass is 322 g/mol. The summed E-state index contributed by atoms with van der Waals surface area (Å²) in [7, 11) is -3.34. The van der Waals surface area contributed by atoms with Gasteiger partial charge >= 0.3 is 0 Å². The Morgan fingerprint density at radius 2 is 1.91 bits per heavy atom. The zero-order valence-corrected chi connectivity index (χ0v) is 14.3. The second-order valence-electron chi connectivity index (χ2n) is 6.57. The molecule has 4 nitrogen and oxygen atoms in total. The van der Waals surface area contributed by atoms with Crippen LogP contribution in [0.1, 0.15) is 44.6 Å². The molecule has 2 aliphatic rings. The molecule has 122 valence electrons. The first-order valence-corrected chi connectivity index (χ1v) is 9.80. The van der Waals surface area contributed by atoms with E-state index in [-0.39, 0.29) is 0 Å². The van der Waals surface area contributed by atoms with Gasteiger partial charge in [-0.1, -0.05) is 26.0 Å². The highest BCUT2D eigenvalue weighted by Gasteiger charge is 2.36. The van der Waals surface area contributed by atoms with E-state index in [2.05, 4.69) is 18.7 Å². The van der Waals surface area contributed by atoms with Crippen LogP contribution in [-0.4, -0.2) is 49.8 Å². The lowest BCUT2D eigenvalue weighted by Crippen LogP contribution is -2.51. The Kier molecular flexibility index (Phi) is 4.57. The van der Waals surface area contributed by atoms with Crippen molar-refractivity contribution in [2.45, 2.75) is 50.0 Å². The fourth-order valence-corrected chi connectivity index (χ4v) is 5.00. The summed E-state index contributed by atoms with van der Waals surface area (Å²) in [4.78, 5) is 2.86. The van der Waals surface area contributed by atoms with E-state index in [4.69, 9.17) is 0 Å². The van der Waals surface area contributed by atoms with Crippen molar-refractivity contribution in [3.8, 4) is 0 Å². The van der Waals surface area contributed by atoms with Crippen LogP contribution in [0.2, 0.25) is 0 Å². The van der Waals surface area contributed by atoms with Crippen molar-refractivity contribution >= 4 is 10.0 Å². The molecule has 5 heteroatoms. The lowest BCUT2D eigenvalue weighted by Gasteiger charge is -2.36. The summed E-state index contributed by atoms with van der Waals surface area (Å²) in [6.07, 6.45) is 3.39. The summed E-state index contributed by atoms with van der Waals surface area (Å²) in [5, 5.41) is 0. The molecule has 0 N–H and O–H groups in total. The molecular formula is C17H26N2O2S. The van der Waals surface area contributed by atoms with Crippen LogP contribution in [0.5, 0.6) is 0 Å². The van der Waals surface area contributed by atoms with Gasteiger partial charge < -0.3 is 0 Å². The van der Waals surface area contributed by atoms with Crippen LogP contribution < -0.4 is 0 Å². The Balaban J connectivity index is 1.77. The first-order chi connectivity index (χ1) is 10.5. The Labute approximate surface area is 134 Å². The normalized spacial score (nSPS) is 25.1. The summed E-state index contributed by atoms with van der Waals surface area (Å²) in [6, 6.07) is 7.90. The van der Waals surface area contributed by atoms with Crippen LogP contribution in [0.15, 0.2) is 29.2 Å². The molecule has 22 heavy (non-hydrogen) atoms. The van der Waals surface area contributed by atoms with E-state index >= 15 is 0 Å². The predicted octanol–water partition coefficient (Wildman–Crippen LogP) is 2.67. The number of sulfonamides is 1. The van der Waals surface area contributed by atoms with Gasteiger partial charge in [-0.15, -0.1) is 0 Å². The maximum Gasteiger partial charge on any atom is 0.243 e. The van der Waals surface area contributed by atoms with Crippen molar-refractivity contribution in [1.82, 2.24) is 9.21 Å². The molecule has 0 amide bonds. The minimum atomic E-state index is -3.34. The highest BCUT2D eigenvalue weighted by molar-refractivity contribution is 7.89. The Bertz CT molecular complexity index is 612. The number of hydrogen-bond donors (Lipinski definition) is 0. The van der Waals surface area contributed by atoms with Gasteiger partial charge in [-0.05, 0) is 49.4 Å². The van der Waals surface area contributed by atoms with Gasteiger partial charge in [0.1, 0.15) is 0 Å². The Morgan fingerprint density at radius 1 is 1.18 bits per heavy atom. The van der Waals surface area contributed by atoms with Gasteiger partial charge in [0.2, 0.25) is 10.0 Å². The zero-order chi connectivity index (χ0) is 15.7. The molecule has 1 aromatic carbocycles. The maximum absolute atomic E-state index is 12.8. The Hall–Kier alpha value is -0.910. The standard InChI is InChI=1S/C17H26N2O2S/c1-3-14(2)15-6-8-17(9-7-15)22(20,21)19-12-11-18-10-4-5-16(18)13-19/h6-9,14,16H,3-5,10-13H2,1-2H3/t14-,16-/m1/s1. The number of rotatable bonds is 4. The molecule has 2 fully saturated rings. The van der Waals surface area contributed by atoms with Gasteiger partial charge in [0.15, 0.2) is 0 Å². The van der Waals surface area contributed by atoms with E-state index in [0.29, 0.717) is 29.9 Å². The molecule has 0 bridgehead atoms. The summed E-state index contributed by atoms with van der Waals surface area (Å²) < 4.78 is 27.3. The summed E-state index contributed by atoms with van der Waals surface area (Å²) >= 11 is 0. The minimum absolute atomic E-state index is 0.419. The smallest absolute Gasteiger partial charge is 0.243 e. The molecule has 0 unspecified atom stereocenters. The van der Waals surface area contributed by atoms with Crippen molar-refractivity contribution in [3.63, 3.8) is 0 Å². The van der Waals surface area contributed by atoms with Crippen LogP contribution in [-0.2, 0) is 10.0 Å². The molecule has 2 saturated heterocycles. The highest BCUT2D eigenvalue weighted by Crippen LogP contribution is 2.27. The highest BCUT2D eigenvalue weighted by atomic mass is 32.2. The zero-order valence-electron chi connectivity index (χ0n) is 13.5. The molecule has 0 radical (unpaired) electrons. The second kappa shape index (κ2) is 6.30. The van der Waals surface area contributed by atoms with Crippen molar-refractivity contribution in [1.29, 1.82) is 0 Å². The lowest BCUT2D eigenvalue weighted by molar-refractivity contribution is 0.158. The molecule has 3 rings (SSSR count).